The van der Waals surface area contributed by atoms with Crippen LogP contribution in [0.25, 0.3) is 0 Å². The van der Waals surface area contributed by atoms with Crippen LogP contribution in [0, 0.1) is 0 Å². The molecule has 1 aromatic rings. The molecule has 0 spiro atoms. The van der Waals surface area contributed by atoms with Crippen molar-refractivity contribution in [2.45, 2.75) is 50.8 Å². The Morgan fingerprint density at radius 2 is 2.00 bits per heavy atom. The predicted octanol–water partition coefficient (Wildman–Crippen LogP) is 2.52. The second kappa shape index (κ2) is 10.3. The number of aliphatic hydroxyl groups is 1. The Labute approximate surface area is 157 Å². The summed E-state index contributed by atoms with van der Waals surface area (Å²) in [5, 5.41) is 10.4. The minimum Gasteiger partial charge on any atom is -0.491 e. The van der Waals surface area contributed by atoms with Crippen molar-refractivity contribution in [3.05, 3.63) is 29.8 Å². The fraction of sp³-hybridized carbons (Fsp3) is 0.714. The normalized spacial score (nSPS) is 21.0. The van der Waals surface area contributed by atoms with E-state index < -0.39 is 6.10 Å². The summed E-state index contributed by atoms with van der Waals surface area (Å²) >= 11 is 0. The largest absolute Gasteiger partial charge is 0.491 e. The van der Waals surface area contributed by atoms with Crippen LogP contribution < -0.4 is 4.74 Å². The van der Waals surface area contributed by atoms with Gasteiger partial charge in [0.15, 0.2) is 0 Å². The maximum Gasteiger partial charge on any atom is 0.119 e. The van der Waals surface area contributed by atoms with Crippen molar-refractivity contribution in [3.63, 3.8) is 0 Å². The zero-order chi connectivity index (χ0) is 18.2. The molecule has 5 heteroatoms. The summed E-state index contributed by atoms with van der Waals surface area (Å²) < 4.78 is 11.3. The van der Waals surface area contributed by atoms with Crippen LogP contribution >= 0.6 is 0 Å². The lowest BCUT2D eigenvalue weighted by molar-refractivity contribution is 0.0341. The molecule has 1 N–H and O–H groups in total. The monoisotopic (exact) mass is 362 g/mol. The van der Waals surface area contributed by atoms with Crippen molar-refractivity contribution < 1.29 is 14.6 Å². The van der Waals surface area contributed by atoms with E-state index in [4.69, 9.17) is 9.47 Å². The minimum absolute atomic E-state index is 0.345. The maximum atomic E-state index is 10.4. The van der Waals surface area contributed by atoms with Gasteiger partial charge < -0.3 is 19.5 Å². The minimum atomic E-state index is -0.454. The third kappa shape index (κ3) is 6.23. The molecule has 0 radical (unpaired) electrons. The van der Waals surface area contributed by atoms with Crippen LogP contribution in [0.2, 0.25) is 0 Å². The fourth-order valence-corrected chi connectivity index (χ4v) is 4.00. The molecule has 146 valence electrons. The highest BCUT2D eigenvalue weighted by Gasteiger charge is 2.20. The van der Waals surface area contributed by atoms with E-state index in [-0.39, 0.29) is 0 Å². The molecule has 0 aromatic heterocycles. The first kappa shape index (κ1) is 19.6. The summed E-state index contributed by atoms with van der Waals surface area (Å²) in [5.41, 5.74) is 1.25. The van der Waals surface area contributed by atoms with E-state index in [2.05, 4.69) is 29.0 Å². The van der Waals surface area contributed by atoms with Gasteiger partial charge in [0, 0.05) is 32.2 Å². The molecule has 1 atom stereocenters. The summed E-state index contributed by atoms with van der Waals surface area (Å²) in [6.07, 6.45) is 6.05. The molecular formula is C21H34N2O3. The van der Waals surface area contributed by atoms with Crippen molar-refractivity contribution in [3.8, 4) is 5.75 Å². The van der Waals surface area contributed by atoms with Gasteiger partial charge in [-0.3, -0.25) is 4.90 Å². The van der Waals surface area contributed by atoms with Gasteiger partial charge in [0.25, 0.3) is 0 Å². The van der Waals surface area contributed by atoms with E-state index >= 15 is 0 Å². The van der Waals surface area contributed by atoms with Crippen LogP contribution in [0.4, 0.5) is 0 Å². The van der Waals surface area contributed by atoms with E-state index in [0.29, 0.717) is 19.2 Å². The molecule has 0 amide bonds. The fourth-order valence-electron chi connectivity index (χ4n) is 4.00. The molecule has 0 bridgehead atoms. The van der Waals surface area contributed by atoms with E-state index in [9.17, 15) is 5.11 Å². The van der Waals surface area contributed by atoms with Crippen LogP contribution in [-0.2, 0) is 11.3 Å². The van der Waals surface area contributed by atoms with E-state index in [1.807, 2.05) is 12.1 Å². The molecule has 26 heavy (non-hydrogen) atoms. The van der Waals surface area contributed by atoms with Gasteiger partial charge in [-0.2, -0.15) is 0 Å². The van der Waals surface area contributed by atoms with Gasteiger partial charge in [-0.05, 0) is 37.6 Å². The molecular weight excluding hydrogens is 328 g/mol. The van der Waals surface area contributed by atoms with E-state index in [0.717, 1.165) is 38.6 Å². The van der Waals surface area contributed by atoms with Gasteiger partial charge >= 0.3 is 0 Å². The number of rotatable bonds is 8. The summed E-state index contributed by atoms with van der Waals surface area (Å²) in [5.74, 6) is 0.843. The molecule has 1 saturated carbocycles. The SMILES string of the molecule is CN(CC(O)COc1cccc(CN2CCOCC2)c1)C1CCCCC1. The highest BCUT2D eigenvalue weighted by Crippen LogP contribution is 2.22. The predicted molar refractivity (Wildman–Crippen MR) is 104 cm³/mol. The van der Waals surface area contributed by atoms with Gasteiger partial charge in [-0.15, -0.1) is 0 Å². The number of hydrogen-bond acceptors (Lipinski definition) is 5. The number of hydrogen-bond donors (Lipinski definition) is 1. The van der Waals surface area contributed by atoms with Gasteiger partial charge in [-0.1, -0.05) is 31.4 Å². The summed E-state index contributed by atoms with van der Waals surface area (Å²) in [6.45, 7) is 5.55. The zero-order valence-corrected chi connectivity index (χ0v) is 16.1. The van der Waals surface area contributed by atoms with Crippen LogP contribution in [0.15, 0.2) is 24.3 Å². The quantitative estimate of drug-likeness (QED) is 0.770. The Kier molecular flexibility index (Phi) is 7.74. The topological polar surface area (TPSA) is 45.2 Å². The molecule has 2 aliphatic rings. The van der Waals surface area contributed by atoms with Gasteiger partial charge in [0.1, 0.15) is 18.5 Å². The van der Waals surface area contributed by atoms with Crippen molar-refractivity contribution in [2.24, 2.45) is 0 Å². The van der Waals surface area contributed by atoms with E-state index in [1.54, 1.807) is 0 Å². The molecule has 1 heterocycles. The first-order valence-corrected chi connectivity index (χ1v) is 10.1. The Bertz CT molecular complexity index is 528. The molecule has 1 aliphatic carbocycles. The number of aliphatic hydroxyl groups excluding tert-OH is 1. The summed E-state index contributed by atoms with van der Waals surface area (Å²) in [6, 6.07) is 8.85. The summed E-state index contributed by atoms with van der Waals surface area (Å²) in [4.78, 5) is 4.71. The molecule has 1 aromatic carbocycles. The standard InChI is InChI=1S/C21H34N2O3/c1-22(19-7-3-2-4-8-19)16-20(24)17-26-21-9-5-6-18(14-21)15-23-10-12-25-13-11-23/h5-6,9,14,19-20,24H,2-4,7-8,10-13,15-17H2,1H3. The number of likely N-dealkylation sites (N-methyl/N-ethyl adjacent to an activating group) is 1. The molecule has 2 fully saturated rings. The third-order valence-corrected chi connectivity index (χ3v) is 5.55. The molecule has 1 aliphatic heterocycles. The second-order valence-electron chi connectivity index (χ2n) is 7.73. The Balaban J connectivity index is 1.42. The molecule has 3 rings (SSSR count). The smallest absolute Gasteiger partial charge is 0.119 e. The van der Waals surface area contributed by atoms with Crippen molar-refractivity contribution >= 4 is 0 Å². The van der Waals surface area contributed by atoms with E-state index in [1.165, 1.54) is 37.7 Å². The third-order valence-electron chi connectivity index (χ3n) is 5.55. The summed E-state index contributed by atoms with van der Waals surface area (Å²) in [7, 11) is 2.13. The number of benzene rings is 1. The average Bonchev–Trinajstić information content (AvgIpc) is 2.68. The van der Waals surface area contributed by atoms with Crippen molar-refractivity contribution in [1.29, 1.82) is 0 Å². The number of nitrogens with zero attached hydrogens (tertiary/aromatic N) is 2. The van der Waals surface area contributed by atoms with Gasteiger partial charge in [0.05, 0.1) is 13.2 Å². The van der Waals surface area contributed by atoms with Gasteiger partial charge in [-0.25, -0.2) is 0 Å². The Morgan fingerprint density at radius 3 is 2.77 bits per heavy atom. The molecule has 5 nitrogen and oxygen atoms in total. The van der Waals surface area contributed by atoms with Gasteiger partial charge in [0.2, 0.25) is 0 Å². The van der Waals surface area contributed by atoms with Crippen LogP contribution in [0.3, 0.4) is 0 Å². The lowest BCUT2D eigenvalue weighted by atomic mass is 9.94. The Morgan fingerprint density at radius 1 is 1.23 bits per heavy atom. The van der Waals surface area contributed by atoms with Crippen molar-refractivity contribution in [1.82, 2.24) is 9.80 Å². The van der Waals surface area contributed by atoms with Crippen LogP contribution in [0.5, 0.6) is 5.75 Å². The highest BCUT2D eigenvalue weighted by atomic mass is 16.5. The average molecular weight is 363 g/mol. The lowest BCUT2D eigenvalue weighted by Crippen LogP contribution is -2.40. The first-order chi connectivity index (χ1) is 12.7. The maximum absolute atomic E-state index is 10.4. The van der Waals surface area contributed by atoms with Crippen molar-refractivity contribution in [2.75, 3.05) is 46.5 Å². The van der Waals surface area contributed by atoms with Crippen LogP contribution in [-0.4, -0.2) is 73.6 Å². The second-order valence-corrected chi connectivity index (χ2v) is 7.73. The Hall–Kier alpha value is -1.14. The number of morpholine rings is 1. The lowest BCUT2D eigenvalue weighted by Gasteiger charge is -2.32. The number of ether oxygens (including phenoxy) is 2. The molecule has 1 unspecified atom stereocenters. The first-order valence-electron chi connectivity index (χ1n) is 10.1. The highest BCUT2D eigenvalue weighted by molar-refractivity contribution is 5.28. The van der Waals surface area contributed by atoms with Crippen LogP contribution in [0.1, 0.15) is 37.7 Å². The zero-order valence-electron chi connectivity index (χ0n) is 16.1. The molecule has 1 saturated heterocycles.